The van der Waals surface area contributed by atoms with Gasteiger partial charge in [-0.05, 0) is 12.1 Å². The van der Waals surface area contributed by atoms with Crippen molar-refractivity contribution in [2.75, 3.05) is 6.54 Å². The summed E-state index contributed by atoms with van der Waals surface area (Å²) in [5.74, 6) is -1.53. The summed E-state index contributed by atoms with van der Waals surface area (Å²) >= 11 is 0. The molecule has 0 atom stereocenters. The average Bonchev–Trinajstić information content (AvgIpc) is 3.43. The SMILES string of the molecule is Cl.Cn1cc(C2=C(c3cn(C(=O)CN)c4ccccc34)C(=O)NC2=O)c2ccc([N+](=O)[O-])cc21. The number of nitro benzene ring substituents is 1. The van der Waals surface area contributed by atoms with Crippen LogP contribution in [0.3, 0.4) is 0 Å². The number of fused-ring (bicyclic) bond motifs is 2. The van der Waals surface area contributed by atoms with Crippen molar-refractivity contribution in [2.45, 2.75) is 0 Å². The molecule has 11 heteroatoms. The van der Waals surface area contributed by atoms with Gasteiger partial charge in [0, 0.05) is 53.5 Å². The quantitative estimate of drug-likeness (QED) is 0.262. The van der Waals surface area contributed by atoms with Crippen molar-refractivity contribution in [2.24, 2.45) is 12.8 Å². The maximum atomic E-state index is 12.9. The number of amides is 2. The summed E-state index contributed by atoms with van der Waals surface area (Å²) in [5.41, 5.74) is 7.73. The Hall–Kier alpha value is -4.28. The molecule has 2 aromatic heterocycles. The number of aromatic nitrogens is 2. The first kappa shape index (κ1) is 22.9. The molecule has 0 radical (unpaired) electrons. The summed E-state index contributed by atoms with van der Waals surface area (Å²) in [6.45, 7) is -0.225. The molecule has 3 heterocycles. The molecular weight excluding hydrogens is 462 g/mol. The van der Waals surface area contributed by atoms with E-state index in [0.717, 1.165) is 0 Å². The molecule has 0 aliphatic carbocycles. The van der Waals surface area contributed by atoms with Crippen LogP contribution in [0.25, 0.3) is 33.0 Å². The van der Waals surface area contributed by atoms with E-state index >= 15 is 0 Å². The lowest BCUT2D eigenvalue weighted by atomic mass is 9.95. The van der Waals surface area contributed by atoms with Gasteiger partial charge in [0.2, 0.25) is 5.91 Å². The summed E-state index contributed by atoms with van der Waals surface area (Å²) in [4.78, 5) is 49.0. The summed E-state index contributed by atoms with van der Waals surface area (Å²) in [7, 11) is 1.70. The smallest absolute Gasteiger partial charge is 0.271 e. The van der Waals surface area contributed by atoms with Gasteiger partial charge in [0.1, 0.15) is 0 Å². The van der Waals surface area contributed by atoms with Gasteiger partial charge in [-0.3, -0.25) is 34.4 Å². The lowest BCUT2D eigenvalue weighted by Crippen LogP contribution is -2.22. The molecule has 2 aromatic carbocycles. The fourth-order valence-corrected chi connectivity index (χ4v) is 4.34. The number of carbonyl (C=O) groups is 3. The van der Waals surface area contributed by atoms with Crippen LogP contribution in [0.4, 0.5) is 5.69 Å². The molecule has 0 bridgehead atoms. The number of nitrogens with zero attached hydrogens (tertiary/aromatic N) is 3. The number of nitro groups is 1. The topological polar surface area (TPSA) is 142 Å². The van der Waals surface area contributed by atoms with E-state index in [1.807, 2.05) is 0 Å². The number of hydrogen-bond donors (Lipinski definition) is 2. The largest absolute Gasteiger partial charge is 0.350 e. The lowest BCUT2D eigenvalue weighted by molar-refractivity contribution is -0.384. The minimum Gasteiger partial charge on any atom is -0.350 e. The highest BCUT2D eigenvalue weighted by molar-refractivity contribution is 6.50. The van der Waals surface area contributed by atoms with Gasteiger partial charge in [-0.1, -0.05) is 18.2 Å². The molecule has 2 amide bonds. The Morgan fingerprint density at radius 2 is 1.62 bits per heavy atom. The summed E-state index contributed by atoms with van der Waals surface area (Å²) in [6.07, 6.45) is 3.18. The number of aryl methyl sites for hydroxylation is 1. The van der Waals surface area contributed by atoms with E-state index < -0.39 is 16.7 Å². The molecule has 0 saturated heterocycles. The highest BCUT2D eigenvalue weighted by Gasteiger charge is 2.35. The van der Waals surface area contributed by atoms with E-state index in [1.54, 1.807) is 48.1 Å². The van der Waals surface area contributed by atoms with Crippen LogP contribution >= 0.6 is 12.4 Å². The molecule has 34 heavy (non-hydrogen) atoms. The monoisotopic (exact) mass is 479 g/mol. The Labute approximate surface area is 198 Å². The number of nitrogens with one attached hydrogen (secondary N) is 1. The van der Waals surface area contributed by atoms with Crippen molar-refractivity contribution < 1.29 is 19.3 Å². The number of rotatable bonds is 4. The first-order valence-electron chi connectivity index (χ1n) is 9.99. The Morgan fingerprint density at radius 1 is 1.00 bits per heavy atom. The zero-order valence-electron chi connectivity index (χ0n) is 17.8. The Kier molecular flexibility index (Phi) is 5.56. The number of imide groups is 1. The third-order valence-electron chi connectivity index (χ3n) is 5.81. The molecule has 0 unspecified atom stereocenters. The van der Waals surface area contributed by atoms with Crippen LogP contribution in [0.1, 0.15) is 15.9 Å². The number of nitrogens with two attached hydrogens (primary N) is 1. The predicted molar refractivity (Wildman–Crippen MR) is 128 cm³/mol. The van der Waals surface area contributed by atoms with E-state index in [0.29, 0.717) is 32.9 Å². The van der Waals surface area contributed by atoms with Gasteiger partial charge in [-0.15, -0.1) is 12.4 Å². The van der Waals surface area contributed by atoms with Crippen molar-refractivity contribution in [1.82, 2.24) is 14.5 Å². The first-order chi connectivity index (χ1) is 15.8. The Bertz CT molecular complexity index is 1580. The Morgan fingerprint density at radius 3 is 2.26 bits per heavy atom. The van der Waals surface area contributed by atoms with Crippen LogP contribution in [-0.4, -0.2) is 38.3 Å². The normalized spacial score (nSPS) is 13.5. The van der Waals surface area contributed by atoms with Crippen molar-refractivity contribution in [3.8, 4) is 0 Å². The number of para-hydroxylation sites is 1. The second kappa shape index (κ2) is 8.25. The van der Waals surface area contributed by atoms with Crippen LogP contribution in [0.15, 0.2) is 54.9 Å². The second-order valence-electron chi connectivity index (χ2n) is 7.67. The van der Waals surface area contributed by atoms with Gasteiger partial charge >= 0.3 is 0 Å². The maximum absolute atomic E-state index is 12.9. The van der Waals surface area contributed by atoms with Crippen LogP contribution in [-0.2, 0) is 16.6 Å². The van der Waals surface area contributed by atoms with Gasteiger partial charge < -0.3 is 10.3 Å². The molecule has 10 nitrogen and oxygen atoms in total. The van der Waals surface area contributed by atoms with Crippen molar-refractivity contribution in [1.29, 1.82) is 0 Å². The molecule has 0 saturated carbocycles. The summed E-state index contributed by atoms with van der Waals surface area (Å²) < 4.78 is 3.04. The molecule has 4 aromatic rings. The van der Waals surface area contributed by atoms with Gasteiger partial charge in [0.15, 0.2) is 0 Å². The van der Waals surface area contributed by atoms with Gasteiger partial charge in [0.25, 0.3) is 17.5 Å². The average molecular weight is 480 g/mol. The zero-order chi connectivity index (χ0) is 23.4. The highest BCUT2D eigenvalue weighted by atomic mass is 35.5. The summed E-state index contributed by atoms with van der Waals surface area (Å²) in [5, 5.41) is 14.7. The minimum atomic E-state index is -0.586. The summed E-state index contributed by atoms with van der Waals surface area (Å²) in [6, 6.07) is 11.4. The molecule has 0 spiro atoms. The third kappa shape index (κ3) is 3.28. The molecule has 1 aliphatic rings. The molecule has 5 rings (SSSR count). The standard InChI is InChI=1S/C23H17N5O5.ClH/c1-26-10-15(14-7-6-12(28(32)33)8-18(14)26)20-21(23(31)25-22(20)30)16-11-27(19(29)9-24)17-5-3-2-4-13(16)17;/h2-8,10-11H,9,24H2,1H3,(H,25,30,31);1H. The van der Waals surface area contributed by atoms with Crippen LogP contribution in [0.5, 0.6) is 0 Å². The number of hydrogen-bond acceptors (Lipinski definition) is 6. The first-order valence-corrected chi connectivity index (χ1v) is 9.99. The van der Waals surface area contributed by atoms with Gasteiger partial charge in [-0.25, -0.2) is 0 Å². The van der Waals surface area contributed by atoms with E-state index in [1.165, 1.54) is 22.9 Å². The van der Waals surface area contributed by atoms with E-state index in [-0.39, 0.29) is 41.7 Å². The minimum absolute atomic E-state index is 0. The maximum Gasteiger partial charge on any atom is 0.271 e. The predicted octanol–water partition coefficient (Wildman–Crippen LogP) is 2.63. The molecule has 0 fully saturated rings. The molecule has 172 valence electrons. The van der Waals surface area contributed by atoms with Gasteiger partial charge in [-0.2, -0.15) is 0 Å². The van der Waals surface area contributed by atoms with E-state index in [9.17, 15) is 24.5 Å². The zero-order valence-corrected chi connectivity index (χ0v) is 18.6. The van der Waals surface area contributed by atoms with Crippen LogP contribution in [0, 0.1) is 10.1 Å². The molecule has 1 aliphatic heterocycles. The van der Waals surface area contributed by atoms with Gasteiger partial charge in [0.05, 0.1) is 33.6 Å². The number of halogens is 1. The number of benzene rings is 2. The third-order valence-corrected chi connectivity index (χ3v) is 5.81. The van der Waals surface area contributed by atoms with Crippen LogP contribution < -0.4 is 11.1 Å². The highest BCUT2D eigenvalue weighted by Crippen LogP contribution is 2.39. The van der Waals surface area contributed by atoms with E-state index in [2.05, 4.69) is 5.32 Å². The fourth-order valence-electron chi connectivity index (χ4n) is 4.34. The number of carbonyl (C=O) groups excluding carboxylic acids is 3. The van der Waals surface area contributed by atoms with E-state index in [4.69, 9.17) is 5.73 Å². The second-order valence-corrected chi connectivity index (χ2v) is 7.67. The number of non-ortho nitro benzene ring substituents is 1. The van der Waals surface area contributed by atoms with Crippen LogP contribution in [0.2, 0.25) is 0 Å². The van der Waals surface area contributed by atoms with Crippen molar-refractivity contribution >= 4 is 68.8 Å². The van der Waals surface area contributed by atoms with Crippen molar-refractivity contribution in [3.05, 3.63) is 76.1 Å². The molecule has 3 N–H and O–H groups in total. The lowest BCUT2D eigenvalue weighted by Gasteiger charge is -2.03. The van der Waals surface area contributed by atoms with Crippen molar-refractivity contribution in [3.63, 3.8) is 0 Å². The Balaban J connectivity index is 0.00000274. The fraction of sp³-hybridized carbons (Fsp3) is 0.0870. The molecular formula is C23H18ClN5O5.